The van der Waals surface area contributed by atoms with E-state index in [-0.39, 0.29) is 11.4 Å². The average Bonchev–Trinajstić information content (AvgIpc) is 3.15. The molecule has 0 spiro atoms. The highest BCUT2D eigenvalue weighted by Gasteiger charge is 2.44. The summed E-state index contributed by atoms with van der Waals surface area (Å²) in [5.41, 5.74) is 0.178. The number of aromatic nitrogens is 1. The number of ether oxygens (including phenoxy) is 4. The van der Waals surface area contributed by atoms with Crippen molar-refractivity contribution in [1.29, 1.82) is 0 Å². The third kappa shape index (κ3) is 3.42. The third-order valence-corrected chi connectivity index (χ3v) is 2.47. The fraction of sp³-hybridized carbons (Fsp3) is 0.538. The van der Waals surface area contributed by atoms with Crippen LogP contribution in [0.25, 0.3) is 0 Å². The topological polar surface area (TPSA) is 70.2 Å². The van der Waals surface area contributed by atoms with Crippen molar-refractivity contribution >= 4 is 6.29 Å². The zero-order valence-electron chi connectivity index (χ0n) is 11.2. The van der Waals surface area contributed by atoms with E-state index in [4.69, 9.17) is 18.9 Å². The van der Waals surface area contributed by atoms with Gasteiger partial charge in [-0.2, -0.15) is 0 Å². The smallest absolute Gasteiger partial charge is 0.254 e. The summed E-state index contributed by atoms with van der Waals surface area (Å²) in [5, 5.41) is 0. The van der Waals surface area contributed by atoms with E-state index < -0.39 is 12.6 Å². The molecule has 1 fully saturated rings. The van der Waals surface area contributed by atoms with Gasteiger partial charge in [-0.25, -0.2) is 4.98 Å². The van der Waals surface area contributed by atoms with Gasteiger partial charge in [0.25, 0.3) is 6.29 Å². The molecule has 0 aromatic carbocycles. The fourth-order valence-corrected chi connectivity index (χ4v) is 1.50. The van der Waals surface area contributed by atoms with Crippen molar-refractivity contribution in [3.05, 3.63) is 18.0 Å². The summed E-state index contributed by atoms with van der Waals surface area (Å²) >= 11 is 0. The molecule has 104 valence electrons. The van der Waals surface area contributed by atoms with Crippen LogP contribution in [0.1, 0.15) is 24.3 Å². The van der Waals surface area contributed by atoms with Gasteiger partial charge < -0.3 is 18.9 Å². The first-order valence-electron chi connectivity index (χ1n) is 6.07. The molecule has 1 aromatic heterocycles. The van der Waals surface area contributed by atoms with Gasteiger partial charge in [0, 0.05) is 12.3 Å². The van der Waals surface area contributed by atoms with Gasteiger partial charge in [0.05, 0.1) is 13.7 Å². The summed E-state index contributed by atoms with van der Waals surface area (Å²) < 4.78 is 21.4. The van der Waals surface area contributed by atoms with Crippen molar-refractivity contribution in [1.82, 2.24) is 4.98 Å². The van der Waals surface area contributed by atoms with E-state index in [1.165, 1.54) is 13.3 Å². The number of hydrogen-bond donors (Lipinski definition) is 0. The summed E-state index contributed by atoms with van der Waals surface area (Å²) in [6.45, 7) is 4.69. The first-order chi connectivity index (χ1) is 9.15. The number of carbonyl (C=O) groups is 1. The number of aldehydes is 1. The second kappa shape index (κ2) is 5.99. The highest BCUT2D eigenvalue weighted by molar-refractivity contribution is 5.78. The standard InChI is InChI=1S/C13H17NO5/c1-8(2)7-17-12-13(19-12)18-11-9(6-15)14-5-4-10(11)16-3/h4-6,8,12-13H,7H2,1-3H3. The summed E-state index contributed by atoms with van der Waals surface area (Å²) in [5.74, 6) is 1.14. The zero-order valence-corrected chi connectivity index (χ0v) is 11.2. The van der Waals surface area contributed by atoms with Crippen LogP contribution in [0.15, 0.2) is 12.3 Å². The van der Waals surface area contributed by atoms with Crippen LogP contribution in [0.2, 0.25) is 0 Å². The first-order valence-corrected chi connectivity index (χ1v) is 6.07. The van der Waals surface area contributed by atoms with Gasteiger partial charge in [0.15, 0.2) is 17.8 Å². The number of carbonyl (C=O) groups excluding carboxylic acids is 1. The molecule has 0 radical (unpaired) electrons. The molecule has 0 amide bonds. The van der Waals surface area contributed by atoms with Crippen molar-refractivity contribution < 1.29 is 23.7 Å². The Morgan fingerprint density at radius 3 is 2.89 bits per heavy atom. The minimum absolute atomic E-state index is 0.178. The molecule has 2 heterocycles. The molecule has 19 heavy (non-hydrogen) atoms. The monoisotopic (exact) mass is 267 g/mol. The quantitative estimate of drug-likeness (QED) is 0.552. The van der Waals surface area contributed by atoms with Gasteiger partial charge in [0.1, 0.15) is 5.69 Å². The normalized spacial score (nSPS) is 21.3. The van der Waals surface area contributed by atoms with Crippen LogP contribution < -0.4 is 9.47 Å². The Morgan fingerprint density at radius 1 is 1.47 bits per heavy atom. The molecule has 1 aliphatic rings. The summed E-state index contributed by atoms with van der Waals surface area (Å²) in [6.07, 6.45) is 1.18. The molecule has 2 unspecified atom stereocenters. The van der Waals surface area contributed by atoms with Crippen molar-refractivity contribution in [3.63, 3.8) is 0 Å². The first kappa shape index (κ1) is 13.8. The van der Waals surface area contributed by atoms with Gasteiger partial charge in [-0.15, -0.1) is 0 Å². The predicted molar refractivity (Wildman–Crippen MR) is 66.3 cm³/mol. The van der Waals surface area contributed by atoms with Crippen LogP contribution in [0.5, 0.6) is 11.5 Å². The van der Waals surface area contributed by atoms with E-state index in [0.717, 1.165) is 0 Å². The molecule has 2 rings (SSSR count). The average molecular weight is 267 g/mol. The minimum Gasteiger partial charge on any atom is -0.493 e. The molecule has 1 saturated heterocycles. The lowest BCUT2D eigenvalue weighted by atomic mass is 10.2. The maximum atomic E-state index is 10.9. The maximum Gasteiger partial charge on any atom is 0.254 e. The van der Waals surface area contributed by atoms with E-state index in [2.05, 4.69) is 4.98 Å². The Morgan fingerprint density at radius 2 is 2.26 bits per heavy atom. The van der Waals surface area contributed by atoms with E-state index >= 15 is 0 Å². The molecule has 2 atom stereocenters. The van der Waals surface area contributed by atoms with Crippen LogP contribution in [-0.2, 0) is 9.47 Å². The molecule has 1 aromatic rings. The van der Waals surface area contributed by atoms with Gasteiger partial charge in [-0.05, 0) is 5.92 Å². The lowest BCUT2D eigenvalue weighted by Crippen LogP contribution is -2.11. The number of epoxide rings is 1. The molecular formula is C13H17NO5. The number of nitrogens with zero attached hydrogens (tertiary/aromatic N) is 1. The van der Waals surface area contributed by atoms with E-state index in [1.807, 2.05) is 13.8 Å². The van der Waals surface area contributed by atoms with Crippen LogP contribution in [0.4, 0.5) is 0 Å². The van der Waals surface area contributed by atoms with Crippen LogP contribution in [0.3, 0.4) is 0 Å². The second-order valence-corrected chi connectivity index (χ2v) is 4.56. The summed E-state index contributed by atoms with van der Waals surface area (Å²) in [6, 6.07) is 1.62. The Bertz CT molecular complexity index is 449. The number of methoxy groups -OCH3 is 1. The highest BCUT2D eigenvalue weighted by atomic mass is 16.9. The lowest BCUT2D eigenvalue weighted by Gasteiger charge is -2.10. The third-order valence-electron chi connectivity index (χ3n) is 2.47. The predicted octanol–water partition coefficient (Wildman–Crippen LogP) is 1.64. The van der Waals surface area contributed by atoms with E-state index in [1.54, 1.807) is 6.07 Å². The van der Waals surface area contributed by atoms with Gasteiger partial charge in [0.2, 0.25) is 6.29 Å². The molecule has 0 N–H and O–H groups in total. The Kier molecular flexibility index (Phi) is 4.34. The Labute approximate surface area is 111 Å². The van der Waals surface area contributed by atoms with Crippen molar-refractivity contribution in [2.24, 2.45) is 5.92 Å². The number of hydrogen-bond acceptors (Lipinski definition) is 6. The zero-order chi connectivity index (χ0) is 13.8. The molecular weight excluding hydrogens is 250 g/mol. The molecule has 0 saturated carbocycles. The van der Waals surface area contributed by atoms with Crippen molar-refractivity contribution in [2.45, 2.75) is 26.4 Å². The fourth-order valence-electron chi connectivity index (χ4n) is 1.50. The molecule has 0 bridgehead atoms. The molecule has 0 aliphatic carbocycles. The van der Waals surface area contributed by atoms with Gasteiger partial charge in [-0.3, -0.25) is 4.79 Å². The summed E-state index contributed by atoms with van der Waals surface area (Å²) in [7, 11) is 1.50. The van der Waals surface area contributed by atoms with Crippen LogP contribution >= 0.6 is 0 Å². The van der Waals surface area contributed by atoms with E-state index in [0.29, 0.717) is 24.6 Å². The second-order valence-electron chi connectivity index (χ2n) is 4.56. The van der Waals surface area contributed by atoms with Crippen LogP contribution in [-0.4, -0.2) is 37.6 Å². The largest absolute Gasteiger partial charge is 0.493 e. The molecule has 6 heteroatoms. The van der Waals surface area contributed by atoms with Crippen LogP contribution in [0, 0.1) is 5.92 Å². The number of rotatable bonds is 7. The van der Waals surface area contributed by atoms with Crippen molar-refractivity contribution in [2.75, 3.05) is 13.7 Å². The van der Waals surface area contributed by atoms with E-state index in [9.17, 15) is 4.79 Å². The minimum atomic E-state index is -0.518. The van der Waals surface area contributed by atoms with Gasteiger partial charge in [-0.1, -0.05) is 13.8 Å². The Balaban J connectivity index is 1.98. The van der Waals surface area contributed by atoms with Crippen molar-refractivity contribution in [3.8, 4) is 11.5 Å². The molecule has 6 nitrogen and oxygen atoms in total. The SMILES string of the molecule is COc1ccnc(C=O)c1OC1OC1OCC(C)C. The maximum absolute atomic E-state index is 10.9. The Hall–Kier alpha value is -1.66. The molecule has 1 aliphatic heterocycles. The number of pyridine rings is 1. The highest BCUT2D eigenvalue weighted by Crippen LogP contribution is 2.34. The lowest BCUT2D eigenvalue weighted by molar-refractivity contribution is 0.0338. The van der Waals surface area contributed by atoms with Gasteiger partial charge >= 0.3 is 0 Å². The summed E-state index contributed by atoms with van der Waals surface area (Å²) in [4.78, 5) is 14.8.